The predicted octanol–water partition coefficient (Wildman–Crippen LogP) is 3.09. The number of benzene rings is 1. The second-order valence-corrected chi connectivity index (χ2v) is 6.62. The third-order valence-corrected chi connectivity index (χ3v) is 4.43. The lowest BCUT2D eigenvalue weighted by Crippen LogP contribution is -2.32. The number of carbonyl (C=O) groups excluding carboxylic acids is 1. The van der Waals surface area contributed by atoms with Crippen LogP contribution in [0.5, 0.6) is 5.75 Å². The maximum atomic E-state index is 12.8. The van der Waals surface area contributed by atoms with Crippen LogP contribution in [0.3, 0.4) is 0 Å². The summed E-state index contributed by atoms with van der Waals surface area (Å²) in [6.45, 7) is 3.24. The molecule has 0 N–H and O–H groups in total. The van der Waals surface area contributed by atoms with E-state index in [0.717, 1.165) is 4.73 Å². The number of aromatic nitrogens is 4. The minimum absolute atomic E-state index is 0.126. The lowest BCUT2D eigenvalue weighted by Gasteiger charge is -2.17. The van der Waals surface area contributed by atoms with Crippen LogP contribution >= 0.6 is 23.2 Å². The van der Waals surface area contributed by atoms with Crippen molar-refractivity contribution in [3.63, 3.8) is 0 Å². The Morgan fingerprint density at radius 1 is 1.25 bits per heavy atom. The van der Waals surface area contributed by atoms with Crippen molar-refractivity contribution in [3.8, 4) is 22.6 Å². The summed E-state index contributed by atoms with van der Waals surface area (Å²) in [7, 11) is 1.45. The van der Waals surface area contributed by atoms with Gasteiger partial charge in [0.1, 0.15) is 5.75 Å². The van der Waals surface area contributed by atoms with Gasteiger partial charge in [-0.15, -0.1) is 9.83 Å². The van der Waals surface area contributed by atoms with Crippen molar-refractivity contribution in [2.45, 2.75) is 20.3 Å². The topological polar surface area (TPSA) is 88.2 Å². The maximum absolute atomic E-state index is 12.8. The number of carbonyl (C=O) groups is 1. The van der Waals surface area contributed by atoms with Crippen LogP contribution in [0.25, 0.3) is 16.8 Å². The zero-order valence-electron chi connectivity index (χ0n) is 15.3. The summed E-state index contributed by atoms with van der Waals surface area (Å²) >= 11 is 12.1. The third-order valence-electron chi connectivity index (χ3n) is 4.03. The molecule has 3 aromatic rings. The number of hydrogen-bond donors (Lipinski definition) is 0. The van der Waals surface area contributed by atoms with E-state index in [1.807, 2.05) is 0 Å². The van der Waals surface area contributed by atoms with Gasteiger partial charge in [-0.1, -0.05) is 35.3 Å². The fourth-order valence-electron chi connectivity index (χ4n) is 2.69. The van der Waals surface area contributed by atoms with Gasteiger partial charge in [0.2, 0.25) is 0 Å². The number of rotatable bonds is 5. The van der Waals surface area contributed by atoms with E-state index in [1.54, 1.807) is 32.0 Å². The summed E-state index contributed by atoms with van der Waals surface area (Å²) in [5, 5.41) is 8.42. The molecule has 0 radical (unpaired) electrons. The summed E-state index contributed by atoms with van der Waals surface area (Å²) in [6.07, 6.45) is 2.97. The fraction of sp³-hybridized carbons (Fsp3) is 0.222. The van der Waals surface area contributed by atoms with Gasteiger partial charge < -0.3 is 9.57 Å². The van der Waals surface area contributed by atoms with Gasteiger partial charge in [0.25, 0.3) is 5.56 Å². The van der Waals surface area contributed by atoms with Crippen LogP contribution in [-0.4, -0.2) is 32.8 Å². The van der Waals surface area contributed by atoms with Crippen molar-refractivity contribution < 1.29 is 14.4 Å². The number of ether oxygens (including phenoxy) is 1. The first-order chi connectivity index (χ1) is 13.3. The molecule has 28 heavy (non-hydrogen) atoms. The molecule has 0 fully saturated rings. The van der Waals surface area contributed by atoms with Crippen LogP contribution < -0.4 is 15.1 Å². The van der Waals surface area contributed by atoms with E-state index in [0.29, 0.717) is 33.1 Å². The second-order valence-electron chi connectivity index (χ2n) is 5.79. The molecule has 1 aromatic carbocycles. The molecule has 0 spiro atoms. The number of halogens is 2. The summed E-state index contributed by atoms with van der Waals surface area (Å²) in [6, 6.07) is 5.09. The molecule has 0 saturated carbocycles. The van der Waals surface area contributed by atoms with E-state index in [9.17, 15) is 9.59 Å². The van der Waals surface area contributed by atoms with Crippen LogP contribution in [-0.2, 0) is 4.79 Å². The molecule has 0 aliphatic rings. The van der Waals surface area contributed by atoms with Gasteiger partial charge in [0, 0.05) is 28.1 Å². The van der Waals surface area contributed by atoms with E-state index in [2.05, 4.69) is 10.3 Å². The Labute approximate surface area is 170 Å². The van der Waals surface area contributed by atoms with Gasteiger partial charge >= 0.3 is 5.97 Å². The Morgan fingerprint density at radius 2 is 2.00 bits per heavy atom. The minimum Gasteiger partial charge on any atom is -0.494 e. The Balaban J connectivity index is 2.27. The van der Waals surface area contributed by atoms with Crippen LogP contribution in [0, 0.1) is 6.92 Å². The average molecular weight is 423 g/mol. The molecule has 0 aliphatic heterocycles. The van der Waals surface area contributed by atoms with Gasteiger partial charge in [0.15, 0.2) is 5.15 Å². The molecule has 10 heteroatoms. The summed E-state index contributed by atoms with van der Waals surface area (Å²) in [5.74, 6) is -0.229. The van der Waals surface area contributed by atoms with Crippen LogP contribution in [0.1, 0.15) is 18.9 Å². The molecule has 146 valence electrons. The van der Waals surface area contributed by atoms with E-state index >= 15 is 0 Å². The predicted molar refractivity (Wildman–Crippen MR) is 104 cm³/mol. The van der Waals surface area contributed by atoms with E-state index < -0.39 is 11.5 Å². The minimum atomic E-state index is -0.544. The van der Waals surface area contributed by atoms with Crippen LogP contribution in [0.2, 0.25) is 10.2 Å². The van der Waals surface area contributed by atoms with Crippen molar-refractivity contribution in [2.75, 3.05) is 7.11 Å². The first-order valence-corrected chi connectivity index (χ1v) is 9.00. The molecule has 3 rings (SSSR count). The van der Waals surface area contributed by atoms with Crippen molar-refractivity contribution in [2.24, 2.45) is 0 Å². The average Bonchev–Trinajstić information content (AvgIpc) is 3.11. The summed E-state index contributed by atoms with van der Waals surface area (Å²) < 4.78 is 7.79. The highest BCUT2D eigenvalue weighted by Gasteiger charge is 2.21. The molecule has 2 heterocycles. The zero-order chi connectivity index (χ0) is 20.4. The molecule has 8 nitrogen and oxygen atoms in total. The fourth-order valence-corrected chi connectivity index (χ4v) is 2.99. The molecular weight excluding hydrogens is 407 g/mol. The molecule has 0 aliphatic carbocycles. The van der Waals surface area contributed by atoms with Crippen LogP contribution in [0.4, 0.5) is 0 Å². The number of pyridine rings is 1. The van der Waals surface area contributed by atoms with Gasteiger partial charge in [0.05, 0.1) is 25.2 Å². The lowest BCUT2D eigenvalue weighted by molar-refractivity contribution is -0.144. The monoisotopic (exact) mass is 422 g/mol. The summed E-state index contributed by atoms with van der Waals surface area (Å²) in [4.78, 5) is 29.4. The highest BCUT2D eigenvalue weighted by molar-refractivity contribution is 6.31. The normalized spacial score (nSPS) is 10.8. The Bertz CT molecular complexity index is 1110. The Hall–Kier alpha value is -2.84. The highest BCUT2D eigenvalue weighted by Crippen LogP contribution is 2.37. The van der Waals surface area contributed by atoms with E-state index in [-0.39, 0.29) is 11.6 Å². The molecule has 0 atom stereocenters. The van der Waals surface area contributed by atoms with Gasteiger partial charge in [-0.3, -0.25) is 4.79 Å². The highest BCUT2D eigenvalue weighted by atomic mass is 35.5. The van der Waals surface area contributed by atoms with Gasteiger partial charge in [-0.05, 0) is 25.1 Å². The van der Waals surface area contributed by atoms with Crippen molar-refractivity contribution in [3.05, 3.63) is 56.7 Å². The molecule has 0 bridgehead atoms. The van der Waals surface area contributed by atoms with Gasteiger partial charge in [-0.25, -0.2) is 9.48 Å². The standard InChI is InChI=1S/C18H16Cl2N4O4/c1-4-16(25)28-24-8-14(27-3)17(10(2)18(24)26)12-7-11(19)5-6-13(12)23-9-15(20)21-22-23/h5-9H,4H2,1-3H3. The van der Waals surface area contributed by atoms with E-state index in [4.69, 9.17) is 32.8 Å². The molecular formula is C18H16Cl2N4O4. The first kappa shape index (κ1) is 19.9. The molecule has 2 aromatic heterocycles. The SMILES string of the molecule is CCC(=O)On1cc(OC)c(-c2cc(Cl)ccc2-n2cc(Cl)nn2)c(C)c1=O. The van der Waals surface area contributed by atoms with Gasteiger partial charge in [-0.2, -0.15) is 0 Å². The number of hydrogen-bond acceptors (Lipinski definition) is 6. The second kappa shape index (κ2) is 8.04. The molecule has 0 amide bonds. The molecule has 0 saturated heterocycles. The van der Waals surface area contributed by atoms with Crippen molar-refractivity contribution in [1.82, 2.24) is 19.7 Å². The number of nitrogens with zero attached hydrogens (tertiary/aromatic N) is 4. The first-order valence-electron chi connectivity index (χ1n) is 8.25. The third kappa shape index (κ3) is 3.74. The number of methoxy groups -OCH3 is 1. The maximum Gasteiger partial charge on any atom is 0.332 e. The van der Waals surface area contributed by atoms with Crippen LogP contribution in [0.15, 0.2) is 35.4 Å². The Kier molecular flexibility index (Phi) is 5.71. The van der Waals surface area contributed by atoms with Crippen molar-refractivity contribution >= 4 is 29.2 Å². The summed E-state index contributed by atoms with van der Waals surface area (Å²) in [5.41, 5.74) is 1.46. The lowest BCUT2D eigenvalue weighted by atomic mass is 9.99. The quantitative estimate of drug-likeness (QED) is 0.627. The Morgan fingerprint density at radius 3 is 2.61 bits per heavy atom. The van der Waals surface area contributed by atoms with E-state index in [1.165, 1.54) is 24.2 Å². The van der Waals surface area contributed by atoms with Crippen molar-refractivity contribution in [1.29, 1.82) is 0 Å². The zero-order valence-corrected chi connectivity index (χ0v) is 16.8. The largest absolute Gasteiger partial charge is 0.494 e. The molecule has 0 unspecified atom stereocenters. The smallest absolute Gasteiger partial charge is 0.332 e.